The van der Waals surface area contributed by atoms with Crippen molar-refractivity contribution in [2.45, 2.75) is 9.79 Å². The molecule has 0 aliphatic carbocycles. The van der Waals surface area contributed by atoms with Crippen molar-refractivity contribution in [1.29, 1.82) is 0 Å². The predicted molar refractivity (Wildman–Crippen MR) is 81.2 cm³/mol. The molecule has 86 valence electrons. The van der Waals surface area contributed by atoms with Crippen LogP contribution >= 0.6 is 27.7 Å². The normalized spacial score (nSPS) is 12.5. The van der Waals surface area contributed by atoms with Crippen molar-refractivity contribution in [1.82, 2.24) is 0 Å². The second kappa shape index (κ2) is 3.87. The summed E-state index contributed by atoms with van der Waals surface area (Å²) in [5, 5.41) is 2.67. The highest BCUT2D eigenvalue weighted by Crippen LogP contribution is 2.48. The van der Waals surface area contributed by atoms with E-state index in [9.17, 15) is 0 Å². The SMILES string of the molecule is Brc1ccc2c3c(cccc13)-c1ccccc1S2. The lowest BCUT2D eigenvalue weighted by Crippen LogP contribution is -1.92. The molecule has 2 heteroatoms. The van der Waals surface area contributed by atoms with Gasteiger partial charge in [0.25, 0.3) is 0 Å². The monoisotopic (exact) mass is 312 g/mol. The smallest absolute Gasteiger partial charge is 0.0254 e. The van der Waals surface area contributed by atoms with Crippen LogP contribution in [0, 0.1) is 0 Å². The van der Waals surface area contributed by atoms with Gasteiger partial charge in [0.1, 0.15) is 0 Å². The molecule has 0 radical (unpaired) electrons. The first-order valence-corrected chi connectivity index (χ1v) is 7.44. The Hall–Kier alpha value is -1.25. The summed E-state index contributed by atoms with van der Waals surface area (Å²) in [4.78, 5) is 2.70. The van der Waals surface area contributed by atoms with E-state index in [-0.39, 0.29) is 0 Å². The molecule has 0 atom stereocenters. The van der Waals surface area contributed by atoms with Gasteiger partial charge in [-0.15, -0.1) is 0 Å². The Labute approximate surface area is 118 Å². The molecular formula is C16H9BrS. The quantitative estimate of drug-likeness (QED) is 0.399. The molecule has 18 heavy (non-hydrogen) atoms. The lowest BCUT2D eigenvalue weighted by Gasteiger charge is -2.20. The molecule has 3 aromatic rings. The third-order valence-electron chi connectivity index (χ3n) is 3.35. The van der Waals surface area contributed by atoms with Crippen LogP contribution in [-0.4, -0.2) is 0 Å². The van der Waals surface area contributed by atoms with E-state index in [0.29, 0.717) is 0 Å². The lowest BCUT2D eigenvalue weighted by atomic mass is 9.98. The second-order valence-electron chi connectivity index (χ2n) is 4.37. The molecule has 0 nitrogen and oxygen atoms in total. The van der Waals surface area contributed by atoms with Gasteiger partial charge in [0.2, 0.25) is 0 Å². The summed E-state index contributed by atoms with van der Waals surface area (Å²) in [5.41, 5.74) is 2.69. The Balaban J connectivity index is 2.22. The fraction of sp³-hybridized carbons (Fsp3) is 0. The van der Waals surface area contributed by atoms with E-state index in [2.05, 4.69) is 70.5 Å². The number of hydrogen-bond acceptors (Lipinski definition) is 1. The van der Waals surface area contributed by atoms with Gasteiger partial charge in [0.05, 0.1) is 0 Å². The van der Waals surface area contributed by atoms with Crippen molar-refractivity contribution in [2.24, 2.45) is 0 Å². The largest absolute Gasteiger partial charge is 0.0888 e. The number of hydrogen-bond donors (Lipinski definition) is 0. The van der Waals surface area contributed by atoms with Crippen LogP contribution in [0.15, 0.2) is 68.9 Å². The van der Waals surface area contributed by atoms with Crippen LogP contribution in [0.4, 0.5) is 0 Å². The van der Waals surface area contributed by atoms with Gasteiger partial charge in [-0.2, -0.15) is 0 Å². The number of fused-ring (bicyclic) bond motifs is 2. The van der Waals surface area contributed by atoms with Crippen molar-refractivity contribution in [2.75, 3.05) is 0 Å². The van der Waals surface area contributed by atoms with Gasteiger partial charge < -0.3 is 0 Å². The summed E-state index contributed by atoms with van der Waals surface area (Å²) in [6.45, 7) is 0. The molecule has 4 rings (SSSR count). The first kappa shape index (κ1) is 10.7. The zero-order chi connectivity index (χ0) is 12.1. The Morgan fingerprint density at radius 1 is 0.722 bits per heavy atom. The third-order valence-corrected chi connectivity index (χ3v) is 5.17. The fourth-order valence-corrected chi connectivity index (χ4v) is 4.14. The van der Waals surface area contributed by atoms with Gasteiger partial charge in [-0.1, -0.05) is 64.1 Å². The fourth-order valence-electron chi connectivity index (χ4n) is 2.54. The Morgan fingerprint density at radius 2 is 1.56 bits per heavy atom. The maximum Gasteiger partial charge on any atom is 0.0254 e. The number of benzene rings is 3. The Bertz CT molecular complexity index is 777. The molecule has 0 spiro atoms. The summed E-state index contributed by atoms with van der Waals surface area (Å²) >= 11 is 5.51. The Kier molecular flexibility index (Phi) is 2.29. The Morgan fingerprint density at radius 3 is 2.50 bits per heavy atom. The molecule has 0 fully saturated rings. The minimum absolute atomic E-state index is 1.17. The van der Waals surface area contributed by atoms with Gasteiger partial charge >= 0.3 is 0 Å². The summed E-state index contributed by atoms with van der Waals surface area (Å²) in [7, 11) is 0. The van der Waals surface area contributed by atoms with E-state index < -0.39 is 0 Å². The zero-order valence-corrected chi connectivity index (χ0v) is 11.9. The van der Waals surface area contributed by atoms with E-state index in [1.165, 1.54) is 36.2 Å². The van der Waals surface area contributed by atoms with Crippen molar-refractivity contribution in [3.8, 4) is 11.1 Å². The van der Waals surface area contributed by atoms with E-state index in [1.54, 1.807) is 0 Å². The molecule has 1 heterocycles. The van der Waals surface area contributed by atoms with Crippen LogP contribution < -0.4 is 0 Å². The minimum atomic E-state index is 1.17. The second-order valence-corrected chi connectivity index (χ2v) is 6.31. The molecule has 0 bridgehead atoms. The standard InChI is InChI=1S/C16H9BrS/c17-13-8-9-15-16-11(5-3-6-12(13)16)10-4-1-2-7-14(10)18-15/h1-9H. The maximum atomic E-state index is 3.65. The van der Waals surface area contributed by atoms with Crippen molar-refractivity contribution >= 4 is 38.5 Å². The number of halogens is 1. The predicted octanol–water partition coefficient (Wildman–Crippen LogP) is 5.73. The zero-order valence-electron chi connectivity index (χ0n) is 9.48. The van der Waals surface area contributed by atoms with E-state index >= 15 is 0 Å². The molecule has 1 aliphatic heterocycles. The van der Waals surface area contributed by atoms with Gasteiger partial charge in [-0.3, -0.25) is 0 Å². The molecule has 0 N–H and O–H groups in total. The van der Waals surface area contributed by atoms with Gasteiger partial charge in [-0.25, -0.2) is 0 Å². The average Bonchev–Trinajstić information content (AvgIpc) is 2.43. The van der Waals surface area contributed by atoms with Crippen LogP contribution in [0.2, 0.25) is 0 Å². The molecule has 0 unspecified atom stereocenters. The van der Waals surface area contributed by atoms with Crippen LogP contribution in [0.3, 0.4) is 0 Å². The minimum Gasteiger partial charge on any atom is -0.0888 e. The lowest BCUT2D eigenvalue weighted by molar-refractivity contribution is 1.39. The third kappa shape index (κ3) is 1.39. The van der Waals surface area contributed by atoms with Crippen molar-refractivity contribution in [3.63, 3.8) is 0 Å². The van der Waals surface area contributed by atoms with Crippen molar-refractivity contribution in [3.05, 3.63) is 59.1 Å². The number of rotatable bonds is 0. The maximum absolute atomic E-state index is 3.65. The molecule has 0 saturated carbocycles. The molecule has 3 aromatic carbocycles. The van der Waals surface area contributed by atoms with Crippen LogP contribution in [0.25, 0.3) is 21.9 Å². The highest BCUT2D eigenvalue weighted by atomic mass is 79.9. The van der Waals surface area contributed by atoms with E-state index in [0.717, 1.165) is 0 Å². The molecule has 0 saturated heterocycles. The summed E-state index contributed by atoms with van der Waals surface area (Å²) < 4.78 is 1.17. The summed E-state index contributed by atoms with van der Waals surface area (Å²) in [5.74, 6) is 0. The first-order valence-electron chi connectivity index (χ1n) is 5.83. The molecular weight excluding hydrogens is 304 g/mol. The molecule has 0 amide bonds. The molecule has 0 aromatic heterocycles. The van der Waals surface area contributed by atoms with Gasteiger partial charge in [0.15, 0.2) is 0 Å². The topological polar surface area (TPSA) is 0 Å². The highest BCUT2D eigenvalue weighted by molar-refractivity contribution is 9.10. The van der Waals surface area contributed by atoms with Crippen LogP contribution in [0.5, 0.6) is 0 Å². The first-order chi connectivity index (χ1) is 8.84. The average molecular weight is 313 g/mol. The van der Waals surface area contributed by atoms with Crippen molar-refractivity contribution < 1.29 is 0 Å². The summed E-state index contributed by atoms with van der Waals surface area (Å²) in [6.07, 6.45) is 0. The highest BCUT2D eigenvalue weighted by Gasteiger charge is 2.18. The van der Waals surface area contributed by atoms with Gasteiger partial charge in [0, 0.05) is 19.6 Å². The van der Waals surface area contributed by atoms with Gasteiger partial charge in [-0.05, 0) is 34.7 Å². The van der Waals surface area contributed by atoms with Crippen LogP contribution in [0.1, 0.15) is 0 Å². The summed E-state index contributed by atoms with van der Waals surface area (Å²) in [6, 6.07) is 19.5. The van der Waals surface area contributed by atoms with E-state index in [1.807, 2.05) is 11.8 Å². The van der Waals surface area contributed by atoms with E-state index in [4.69, 9.17) is 0 Å². The van der Waals surface area contributed by atoms with Crippen LogP contribution in [-0.2, 0) is 0 Å². The molecule has 1 aliphatic rings.